The molecule has 0 unspecified atom stereocenters. The van der Waals surface area contributed by atoms with Crippen molar-refractivity contribution in [2.45, 2.75) is 33.1 Å². The fraction of sp³-hybridized carbons (Fsp3) is 0.375. The Morgan fingerprint density at radius 3 is 2.28 bits per heavy atom. The number of ether oxygens (including phenoxy) is 1. The second kappa shape index (κ2) is 6.55. The highest BCUT2D eigenvalue weighted by molar-refractivity contribution is 6.22. The van der Waals surface area contributed by atoms with Gasteiger partial charge in [0, 0.05) is 0 Å². The standard InChI is InChI=1S/C24H23NO4/c1-13-6-9-19(10-14(13)2)29-24(28)17-4-3-5-18(12-17)25-22(26)20-15-7-8-16(11-15)21(20)23(25)27/h3-6,9-10,12,15-16,20-21H,7-8,11H2,1-2H3/t15-,16-,20-,21-/m0/s1. The third-order valence-corrected chi connectivity index (χ3v) is 6.96. The summed E-state index contributed by atoms with van der Waals surface area (Å²) >= 11 is 0. The molecule has 0 spiro atoms. The van der Waals surface area contributed by atoms with Gasteiger partial charge >= 0.3 is 5.97 Å². The van der Waals surface area contributed by atoms with E-state index in [1.165, 1.54) is 4.90 Å². The largest absolute Gasteiger partial charge is 0.423 e. The SMILES string of the molecule is Cc1ccc(OC(=O)c2cccc(N3C(=O)[C@H]4[C@H]5CC[C@@H](C5)[C@@H]4C3=O)c2)cc1C. The maximum Gasteiger partial charge on any atom is 0.343 e. The number of imide groups is 1. The van der Waals surface area contributed by atoms with Gasteiger partial charge in [-0.1, -0.05) is 12.1 Å². The van der Waals surface area contributed by atoms with Crippen molar-refractivity contribution in [2.75, 3.05) is 4.90 Å². The van der Waals surface area contributed by atoms with Crippen molar-refractivity contribution < 1.29 is 19.1 Å². The lowest BCUT2D eigenvalue weighted by atomic mass is 9.81. The van der Waals surface area contributed by atoms with Crippen LogP contribution in [-0.2, 0) is 9.59 Å². The van der Waals surface area contributed by atoms with Crippen molar-refractivity contribution in [1.29, 1.82) is 0 Å². The van der Waals surface area contributed by atoms with Crippen LogP contribution >= 0.6 is 0 Å². The Morgan fingerprint density at radius 2 is 1.62 bits per heavy atom. The first-order valence-electron chi connectivity index (χ1n) is 10.2. The lowest BCUT2D eigenvalue weighted by molar-refractivity contribution is -0.123. The lowest BCUT2D eigenvalue weighted by Crippen LogP contribution is -2.32. The molecule has 2 amide bonds. The summed E-state index contributed by atoms with van der Waals surface area (Å²) in [7, 11) is 0. The van der Waals surface area contributed by atoms with Gasteiger partial charge in [-0.3, -0.25) is 14.5 Å². The molecule has 2 aromatic carbocycles. The monoisotopic (exact) mass is 389 g/mol. The highest BCUT2D eigenvalue weighted by Gasteiger charge is 2.61. The van der Waals surface area contributed by atoms with E-state index in [-0.39, 0.29) is 23.7 Å². The Kier molecular flexibility index (Phi) is 4.09. The smallest absolute Gasteiger partial charge is 0.343 e. The van der Waals surface area contributed by atoms with E-state index in [4.69, 9.17) is 4.74 Å². The van der Waals surface area contributed by atoms with E-state index in [0.717, 1.165) is 30.4 Å². The van der Waals surface area contributed by atoms with Gasteiger partial charge in [0.05, 0.1) is 23.1 Å². The minimum absolute atomic E-state index is 0.105. The molecular formula is C24H23NO4. The number of benzene rings is 2. The first-order chi connectivity index (χ1) is 13.9. The van der Waals surface area contributed by atoms with Crippen LogP contribution in [0.4, 0.5) is 5.69 Å². The van der Waals surface area contributed by atoms with Gasteiger partial charge in [-0.2, -0.15) is 0 Å². The summed E-state index contributed by atoms with van der Waals surface area (Å²) in [6.07, 6.45) is 3.09. The normalized spacial score (nSPS) is 27.4. The molecule has 1 saturated heterocycles. The van der Waals surface area contributed by atoms with Crippen LogP contribution in [0.2, 0.25) is 0 Å². The van der Waals surface area contributed by atoms with Crippen molar-refractivity contribution in [3.8, 4) is 5.75 Å². The van der Waals surface area contributed by atoms with E-state index in [1.54, 1.807) is 30.3 Å². The topological polar surface area (TPSA) is 63.7 Å². The summed E-state index contributed by atoms with van der Waals surface area (Å²) in [6.45, 7) is 3.96. The van der Waals surface area contributed by atoms with Gasteiger partial charge in [-0.25, -0.2) is 4.79 Å². The minimum Gasteiger partial charge on any atom is -0.423 e. The summed E-state index contributed by atoms with van der Waals surface area (Å²) < 4.78 is 5.50. The summed E-state index contributed by atoms with van der Waals surface area (Å²) in [4.78, 5) is 40.0. The van der Waals surface area contributed by atoms with Crippen molar-refractivity contribution in [1.82, 2.24) is 0 Å². The predicted octanol–water partition coefficient (Wildman–Crippen LogP) is 4.06. The fourth-order valence-electron chi connectivity index (χ4n) is 5.38. The first-order valence-corrected chi connectivity index (χ1v) is 10.2. The lowest BCUT2D eigenvalue weighted by Gasteiger charge is -2.19. The molecule has 4 atom stereocenters. The number of carbonyl (C=O) groups excluding carboxylic acids is 3. The Bertz CT molecular complexity index is 1010. The van der Waals surface area contributed by atoms with Crippen molar-refractivity contribution >= 4 is 23.5 Å². The molecule has 1 aliphatic heterocycles. The van der Waals surface area contributed by atoms with Gasteiger partial charge in [-0.15, -0.1) is 0 Å². The Balaban J connectivity index is 1.40. The van der Waals surface area contributed by atoms with E-state index in [0.29, 0.717) is 28.8 Å². The van der Waals surface area contributed by atoms with Crippen LogP contribution in [0.3, 0.4) is 0 Å². The molecule has 2 saturated carbocycles. The third-order valence-electron chi connectivity index (χ3n) is 6.96. The molecule has 2 bridgehead atoms. The van der Waals surface area contributed by atoms with Crippen LogP contribution in [0, 0.1) is 37.5 Å². The van der Waals surface area contributed by atoms with Crippen LogP contribution in [0.15, 0.2) is 42.5 Å². The summed E-state index contributed by atoms with van der Waals surface area (Å²) in [5.41, 5.74) is 2.94. The molecule has 5 rings (SSSR count). The second-order valence-corrected chi connectivity index (χ2v) is 8.58. The van der Waals surface area contributed by atoms with Gasteiger partial charge in [0.25, 0.3) is 0 Å². The molecule has 0 N–H and O–H groups in total. The van der Waals surface area contributed by atoms with E-state index in [9.17, 15) is 14.4 Å². The molecule has 29 heavy (non-hydrogen) atoms. The number of nitrogens with zero attached hydrogens (tertiary/aromatic N) is 1. The van der Waals surface area contributed by atoms with Crippen LogP contribution in [0.1, 0.15) is 40.7 Å². The maximum absolute atomic E-state index is 13.0. The van der Waals surface area contributed by atoms with Gasteiger partial charge in [0.1, 0.15) is 5.75 Å². The average Bonchev–Trinajstić information content (AvgIpc) is 3.38. The number of fused-ring (bicyclic) bond motifs is 5. The molecule has 148 valence electrons. The molecule has 5 nitrogen and oxygen atoms in total. The average molecular weight is 389 g/mol. The third kappa shape index (κ3) is 2.79. The molecule has 2 aromatic rings. The molecule has 1 heterocycles. The van der Waals surface area contributed by atoms with Crippen LogP contribution in [0.5, 0.6) is 5.75 Å². The molecular weight excluding hydrogens is 366 g/mol. The fourth-order valence-corrected chi connectivity index (χ4v) is 5.38. The number of amides is 2. The van der Waals surface area contributed by atoms with Crippen LogP contribution in [-0.4, -0.2) is 17.8 Å². The van der Waals surface area contributed by atoms with Gasteiger partial charge in [-0.05, 0) is 86.4 Å². The zero-order chi connectivity index (χ0) is 20.3. The zero-order valence-electron chi connectivity index (χ0n) is 16.6. The van der Waals surface area contributed by atoms with Crippen molar-refractivity contribution in [2.24, 2.45) is 23.7 Å². The van der Waals surface area contributed by atoms with Gasteiger partial charge in [0.15, 0.2) is 0 Å². The zero-order valence-corrected chi connectivity index (χ0v) is 16.6. The first kappa shape index (κ1) is 18.1. The molecule has 0 aromatic heterocycles. The van der Waals surface area contributed by atoms with Crippen LogP contribution in [0.25, 0.3) is 0 Å². The quantitative estimate of drug-likeness (QED) is 0.451. The Morgan fingerprint density at radius 1 is 0.931 bits per heavy atom. The minimum atomic E-state index is -0.505. The number of esters is 1. The van der Waals surface area contributed by atoms with E-state index in [2.05, 4.69) is 0 Å². The predicted molar refractivity (Wildman–Crippen MR) is 108 cm³/mol. The highest BCUT2D eigenvalue weighted by Crippen LogP contribution is 2.56. The Hall–Kier alpha value is -2.95. The number of carbonyl (C=O) groups is 3. The molecule has 2 aliphatic carbocycles. The van der Waals surface area contributed by atoms with Crippen molar-refractivity contribution in [3.05, 3.63) is 59.2 Å². The maximum atomic E-state index is 13.0. The molecule has 0 radical (unpaired) electrons. The number of anilines is 1. The number of hydrogen-bond acceptors (Lipinski definition) is 4. The van der Waals surface area contributed by atoms with Gasteiger partial charge < -0.3 is 4.74 Å². The summed E-state index contributed by atoms with van der Waals surface area (Å²) in [6, 6.07) is 12.1. The number of aryl methyl sites for hydroxylation is 2. The van der Waals surface area contributed by atoms with E-state index in [1.807, 2.05) is 26.0 Å². The number of hydrogen-bond donors (Lipinski definition) is 0. The molecule has 3 aliphatic rings. The summed E-state index contributed by atoms with van der Waals surface area (Å²) in [5.74, 6) is 0.0877. The molecule has 5 heteroatoms. The summed E-state index contributed by atoms with van der Waals surface area (Å²) in [5, 5.41) is 0. The van der Waals surface area contributed by atoms with E-state index >= 15 is 0 Å². The van der Waals surface area contributed by atoms with Gasteiger partial charge in [0.2, 0.25) is 11.8 Å². The van der Waals surface area contributed by atoms with Crippen molar-refractivity contribution in [3.63, 3.8) is 0 Å². The molecule has 3 fully saturated rings. The number of rotatable bonds is 3. The second-order valence-electron chi connectivity index (χ2n) is 8.58. The van der Waals surface area contributed by atoms with Crippen LogP contribution < -0.4 is 9.64 Å². The van der Waals surface area contributed by atoms with E-state index < -0.39 is 5.97 Å². The Labute approximate surface area is 169 Å². The highest BCUT2D eigenvalue weighted by atomic mass is 16.5.